The summed E-state index contributed by atoms with van der Waals surface area (Å²) in [6.45, 7) is 5.60. The molecule has 0 bridgehead atoms. The molecule has 164 valence electrons. The lowest BCUT2D eigenvalue weighted by Crippen LogP contribution is -2.50. The molecule has 0 unspecified atom stereocenters. The molecule has 0 aromatic carbocycles. The zero-order valence-electron chi connectivity index (χ0n) is 18.5. The van der Waals surface area contributed by atoms with E-state index in [0.717, 1.165) is 0 Å². The molecule has 1 saturated heterocycles. The van der Waals surface area contributed by atoms with Gasteiger partial charge in [-0.1, -0.05) is 11.8 Å². The Kier molecular flexibility index (Phi) is 6.64. The summed E-state index contributed by atoms with van der Waals surface area (Å²) in [5, 5.41) is 0. The molecule has 2 aromatic rings. The number of piperidine rings is 1. The molecule has 1 fully saturated rings. The maximum atomic E-state index is 12.8. The van der Waals surface area contributed by atoms with Gasteiger partial charge in [0.2, 0.25) is 5.88 Å². The fraction of sp³-hybridized carbons (Fsp3) is 0.478. The standard InChI is InChI=1S/C23H27N3O5/c1-23(2,3)31-22(28)26-14-16(21(27)30-5)7-9-17(26)8-6-15-12-13-24-18-10-11-19(29-4)25-20(15)18/h10-13,16-17H,7,9,14H2,1-5H3/t16-,17-/m0/s1. The molecule has 31 heavy (non-hydrogen) atoms. The first-order valence-corrected chi connectivity index (χ1v) is 10.1. The van der Waals surface area contributed by atoms with Gasteiger partial charge < -0.3 is 14.2 Å². The van der Waals surface area contributed by atoms with Crippen LogP contribution in [0.15, 0.2) is 24.4 Å². The van der Waals surface area contributed by atoms with E-state index < -0.39 is 23.7 Å². The van der Waals surface area contributed by atoms with Crippen LogP contribution >= 0.6 is 0 Å². The van der Waals surface area contributed by atoms with Crippen LogP contribution in [-0.4, -0.2) is 59.3 Å². The Bertz CT molecular complexity index is 1030. The van der Waals surface area contributed by atoms with E-state index in [1.54, 1.807) is 46.2 Å². The van der Waals surface area contributed by atoms with E-state index in [1.807, 2.05) is 6.07 Å². The summed E-state index contributed by atoms with van der Waals surface area (Å²) in [4.78, 5) is 35.2. The van der Waals surface area contributed by atoms with Crippen molar-refractivity contribution in [3.05, 3.63) is 30.0 Å². The summed E-state index contributed by atoms with van der Waals surface area (Å²) < 4.78 is 15.6. The molecule has 0 aliphatic carbocycles. The molecule has 0 N–H and O–H groups in total. The minimum absolute atomic E-state index is 0.199. The van der Waals surface area contributed by atoms with Gasteiger partial charge in [0.05, 0.1) is 37.3 Å². The van der Waals surface area contributed by atoms with E-state index in [4.69, 9.17) is 14.2 Å². The van der Waals surface area contributed by atoms with Crippen LogP contribution in [0.3, 0.4) is 0 Å². The first-order chi connectivity index (χ1) is 14.7. The van der Waals surface area contributed by atoms with Gasteiger partial charge in [0.25, 0.3) is 0 Å². The van der Waals surface area contributed by atoms with Crippen LogP contribution in [0.4, 0.5) is 4.79 Å². The van der Waals surface area contributed by atoms with Crippen LogP contribution in [0.25, 0.3) is 11.0 Å². The molecule has 1 aliphatic rings. The Morgan fingerprint density at radius 2 is 1.94 bits per heavy atom. The maximum absolute atomic E-state index is 12.8. The average molecular weight is 425 g/mol. The molecule has 8 heteroatoms. The Balaban J connectivity index is 1.92. The first kappa shape index (κ1) is 22.3. The van der Waals surface area contributed by atoms with Gasteiger partial charge in [-0.05, 0) is 45.7 Å². The van der Waals surface area contributed by atoms with Crippen LogP contribution in [0.1, 0.15) is 39.2 Å². The van der Waals surface area contributed by atoms with Crippen molar-refractivity contribution in [3.63, 3.8) is 0 Å². The van der Waals surface area contributed by atoms with E-state index in [0.29, 0.717) is 35.3 Å². The highest BCUT2D eigenvalue weighted by Crippen LogP contribution is 2.25. The van der Waals surface area contributed by atoms with Crippen molar-refractivity contribution in [3.8, 4) is 17.7 Å². The van der Waals surface area contributed by atoms with E-state index >= 15 is 0 Å². The van der Waals surface area contributed by atoms with Gasteiger partial charge in [0.15, 0.2) is 0 Å². The lowest BCUT2D eigenvalue weighted by atomic mass is 9.93. The number of amides is 1. The van der Waals surface area contributed by atoms with Gasteiger partial charge in [-0.25, -0.2) is 9.78 Å². The Morgan fingerprint density at radius 3 is 2.61 bits per heavy atom. The second-order valence-electron chi connectivity index (χ2n) is 8.30. The Labute approximate surface area is 181 Å². The lowest BCUT2D eigenvalue weighted by Gasteiger charge is -2.37. The molecule has 0 saturated carbocycles. The second kappa shape index (κ2) is 9.21. The average Bonchev–Trinajstić information content (AvgIpc) is 2.75. The molecule has 1 amide bonds. The molecule has 0 spiro atoms. The number of nitrogens with zero attached hydrogens (tertiary/aromatic N) is 3. The molecule has 1 aliphatic heterocycles. The third-order valence-corrected chi connectivity index (χ3v) is 4.89. The van der Waals surface area contributed by atoms with Gasteiger partial charge >= 0.3 is 12.1 Å². The number of rotatable bonds is 2. The van der Waals surface area contributed by atoms with Gasteiger partial charge in [-0.15, -0.1) is 0 Å². The Hall–Kier alpha value is -3.34. The maximum Gasteiger partial charge on any atom is 0.411 e. The number of aromatic nitrogens is 2. The molecule has 2 aromatic heterocycles. The zero-order chi connectivity index (χ0) is 22.6. The van der Waals surface area contributed by atoms with Gasteiger partial charge in [-0.2, -0.15) is 0 Å². The van der Waals surface area contributed by atoms with Crippen LogP contribution < -0.4 is 4.74 Å². The third kappa shape index (κ3) is 5.43. The van der Waals surface area contributed by atoms with E-state index in [9.17, 15) is 9.59 Å². The van der Waals surface area contributed by atoms with E-state index in [2.05, 4.69) is 21.8 Å². The van der Waals surface area contributed by atoms with Crippen molar-refractivity contribution in [2.75, 3.05) is 20.8 Å². The zero-order valence-corrected chi connectivity index (χ0v) is 18.5. The number of methoxy groups -OCH3 is 2. The molecule has 3 rings (SSSR count). The van der Waals surface area contributed by atoms with Crippen molar-refractivity contribution >= 4 is 23.1 Å². The number of ether oxygens (including phenoxy) is 3. The fourth-order valence-electron chi connectivity index (χ4n) is 3.39. The first-order valence-electron chi connectivity index (χ1n) is 10.1. The number of fused-ring (bicyclic) bond motifs is 1. The monoisotopic (exact) mass is 425 g/mol. The van der Waals surface area contributed by atoms with E-state index in [-0.39, 0.29) is 12.5 Å². The van der Waals surface area contributed by atoms with Gasteiger partial charge in [0.1, 0.15) is 11.1 Å². The summed E-state index contributed by atoms with van der Waals surface area (Å²) in [5.41, 5.74) is 1.35. The smallest absolute Gasteiger partial charge is 0.411 e. The minimum Gasteiger partial charge on any atom is -0.481 e. The number of carbonyl (C=O) groups excluding carboxylic acids is 2. The van der Waals surface area contributed by atoms with Crippen molar-refractivity contribution < 1.29 is 23.8 Å². The van der Waals surface area contributed by atoms with Crippen LogP contribution in [-0.2, 0) is 14.3 Å². The fourth-order valence-corrected chi connectivity index (χ4v) is 3.39. The van der Waals surface area contributed by atoms with Gasteiger partial charge in [-0.3, -0.25) is 14.7 Å². The predicted molar refractivity (Wildman–Crippen MR) is 114 cm³/mol. The highest BCUT2D eigenvalue weighted by Gasteiger charge is 2.36. The number of esters is 1. The summed E-state index contributed by atoms with van der Waals surface area (Å²) in [5.74, 6) is 6.05. The number of hydrogen-bond acceptors (Lipinski definition) is 7. The topological polar surface area (TPSA) is 90.9 Å². The van der Waals surface area contributed by atoms with Crippen LogP contribution in [0, 0.1) is 17.8 Å². The number of hydrogen-bond donors (Lipinski definition) is 0. The number of pyridine rings is 2. The lowest BCUT2D eigenvalue weighted by molar-refractivity contribution is -0.147. The molecular weight excluding hydrogens is 398 g/mol. The highest BCUT2D eigenvalue weighted by atomic mass is 16.6. The summed E-state index contributed by atoms with van der Waals surface area (Å²) in [6, 6.07) is 4.94. The third-order valence-electron chi connectivity index (χ3n) is 4.89. The van der Waals surface area contributed by atoms with E-state index in [1.165, 1.54) is 12.0 Å². The van der Waals surface area contributed by atoms with Crippen molar-refractivity contribution in [2.24, 2.45) is 5.92 Å². The molecule has 2 atom stereocenters. The molecular formula is C23H27N3O5. The highest BCUT2D eigenvalue weighted by molar-refractivity contribution is 5.81. The summed E-state index contributed by atoms with van der Waals surface area (Å²) in [7, 11) is 2.90. The summed E-state index contributed by atoms with van der Waals surface area (Å²) >= 11 is 0. The van der Waals surface area contributed by atoms with Crippen molar-refractivity contribution in [2.45, 2.75) is 45.3 Å². The number of carbonyl (C=O) groups is 2. The SMILES string of the molecule is COC(=O)[C@H]1CC[C@H](C#Cc2ccnc3ccc(OC)nc23)N(C(=O)OC(C)(C)C)C1. The van der Waals surface area contributed by atoms with Crippen LogP contribution in [0.5, 0.6) is 5.88 Å². The number of likely N-dealkylation sites (tertiary alicyclic amines) is 1. The molecule has 8 nitrogen and oxygen atoms in total. The molecule has 3 heterocycles. The second-order valence-corrected chi connectivity index (χ2v) is 8.30. The Morgan fingerprint density at radius 1 is 1.16 bits per heavy atom. The van der Waals surface area contributed by atoms with Crippen molar-refractivity contribution in [1.29, 1.82) is 0 Å². The van der Waals surface area contributed by atoms with Crippen molar-refractivity contribution in [1.82, 2.24) is 14.9 Å². The normalized spacial score (nSPS) is 18.7. The van der Waals surface area contributed by atoms with Crippen LogP contribution in [0.2, 0.25) is 0 Å². The minimum atomic E-state index is -0.658. The molecule has 0 radical (unpaired) electrons. The largest absolute Gasteiger partial charge is 0.481 e. The predicted octanol–water partition coefficient (Wildman–Crippen LogP) is 3.18. The summed E-state index contributed by atoms with van der Waals surface area (Å²) in [6.07, 6.45) is 2.28. The quantitative estimate of drug-likeness (QED) is 0.539. The van der Waals surface area contributed by atoms with Gasteiger partial charge in [0, 0.05) is 18.8 Å².